The summed E-state index contributed by atoms with van der Waals surface area (Å²) in [6, 6.07) is 26.1. The first kappa shape index (κ1) is 20.3. The highest BCUT2D eigenvalue weighted by Gasteiger charge is 2.38. The van der Waals surface area contributed by atoms with E-state index in [2.05, 4.69) is 24.3 Å². The van der Waals surface area contributed by atoms with Crippen LogP contribution in [0.5, 0.6) is 0 Å². The summed E-state index contributed by atoms with van der Waals surface area (Å²) in [6.45, 7) is 0.884. The molecule has 162 valence electrons. The van der Waals surface area contributed by atoms with Gasteiger partial charge in [0.2, 0.25) is 0 Å². The molecule has 1 amide bonds. The zero-order chi connectivity index (χ0) is 22.1. The van der Waals surface area contributed by atoms with Gasteiger partial charge in [-0.05, 0) is 34.2 Å². The number of carboxylic acids is 1. The summed E-state index contributed by atoms with van der Waals surface area (Å²) in [5.41, 5.74) is 5.69. The molecule has 32 heavy (non-hydrogen) atoms. The zero-order valence-electron chi connectivity index (χ0n) is 17.7. The van der Waals surface area contributed by atoms with E-state index in [1.54, 1.807) is 4.90 Å². The van der Waals surface area contributed by atoms with E-state index < -0.39 is 18.0 Å². The second kappa shape index (κ2) is 8.50. The Morgan fingerprint density at radius 2 is 1.47 bits per heavy atom. The normalized spacial score (nSPS) is 19.8. The number of hydrogen-bond donors (Lipinski definition) is 1. The molecule has 1 fully saturated rings. The second-order valence-corrected chi connectivity index (χ2v) is 8.50. The van der Waals surface area contributed by atoms with Crippen LogP contribution in [-0.4, -0.2) is 41.8 Å². The number of benzene rings is 3. The second-order valence-electron chi connectivity index (χ2n) is 8.50. The maximum Gasteiger partial charge on any atom is 0.409 e. The quantitative estimate of drug-likeness (QED) is 0.627. The van der Waals surface area contributed by atoms with Gasteiger partial charge in [0.25, 0.3) is 0 Å². The van der Waals surface area contributed by atoms with Gasteiger partial charge in [-0.25, -0.2) is 4.79 Å². The van der Waals surface area contributed by atoms with Gasteiger partial charge in [0, 0.05) is 24.9 Å². The summed E-state index contributed by atoms with van der Waals surface area (Å²) in [5, 5.41) is 9.81. The van der Waals surface area contributed by atoms with Crippen LogP contribution < -0.4 is 0 Å². The molecule has 0 saturated carbocycles. The lowest BCUT2D eigenvalue weighted by atomic mass is 9.80. The minimum atomic E-state index is -0.880. The molecule has 1 N–H and O–H groups in total. The van der Waals surface area contributed by atoms with E-state index in [0.717, 1.165) is 16.7 Å². The van der Waals surface area contributed by atoms with Crippen molar-refractivity contribution in [2.45, 2.75) is 18.3 Å². The van der Waals surface area contributed by atoms with Crippen LogP contribution >= 0.6 is 0 Å². The molecule has 1 aliphatic heterocycles. The van der Waals surface area contributed by atoms with Crippen molar-refractivity contribution >= 4 is 12.1 Å². The molecule has 5 heteroatoms. The summed E-state index contributed by atoms with van der Waals surface area (Å²) in [6.07, 6.45) is 0.162. The first-order valence-corrected chi connectivity index (χ1v) is 11.0. The average Bonchev–Trinajstić information content (AvgIpc) is 3.16. The van der Waals surface area contributed by atoms with Gasteiger partial charge in [-0.15, -0.1) is 0 Å². The molecule has 5 nitrogen and oxygen atoms in total. The number of amides is 1. The molecular weight excluding hydrogens is 402 g/mol. The first-order chi connectivity index (χ1) is 15.6. The lowest BCUT2D eigenvalue weighted by Gasteiger charge is -2.36. The van der Waals surface area contributed by atoms with Gasteiger partial charge in [-0.2, -0.15) is 0 Å². The largest absolute Gasteiger partial charge is 0.481 e. The fourth-order valence-electron chi connectivity index (χ4n) is 5.15. The number of aliphatic carboxylic acids is 1. The number of ether oxygens (including phenoxy) is 1. The minimum Gasteiger partial charge on any atom is -0.481 e. The van der Waals surface area contributed by atoms with E-state index in [4.69, 9.17) is 4.74 Å². The average molecular weight is 428 g/mol. The molecule has 2 aliphatic rings. The number of nitrogens with zero attached hydrogens (tertiary/aromatic N) is 1. The third-order valence-corrected chi connectivity index (χ3v) is 6.75. The number of carboxylic acid groups (broad SMARTS) is 1. The molecule has 2 unspecified atom stereocenters. The topological polar surface area (TPSA) is 66.8 Å². The SMILES string of the molecule is O=C(O)C1CN(C(=O)OCC2c3ccccc3-c3ccccc32)CCC1c1ccccc1. The Labute approximate surface area is 187 Å². The van der Waals surface area contributed by atoms with Crippen LogP contribution in [0.2, 0.25) is 0 Å². The van der Waals surface area contributed by atoms with Crippen molar-refractivity contribution in [3.63, 3.8) is 0 Å². The number of rotatable bonds is 4. The standard InChI is InChI=1S/C27H25NO4/c29-26(30)24-16-28(15-14-19(24)18-8-2-1-3-9-18)27(31)32-17-25-22-12-6-4-10-20(22)21-11-5-7-13-23(21)25/h1-13,19,24-25H,14-17H2,(H,29,30). The van der Waals surface area contributed by atoms with E-state index >= 15 is 0 Å². The lowest BCUT2D eigenvalue weighted by molar-refractivity contribution is -0.144. The van der Waals surface area contributed by atoms with Gasteiger partial charge in [0.05, 0.1) is 5.92 Å². The molecule has 0 aromatic heterocycles. The highest BCUT2D eigenvalue weighted by molar-refractivity contribution is 5.79. The monoisotopic (exact) mass is 427 g/mol. The fourth-order valence-corrected chi connectivity index (χ4v) is 5.15. The summed E-state index contributed by atoms with van der Waals surface area (Å²) in [7, 11) is 0. The predicted molar refractivity (Wildman–Crippen MR) is 122 cm³/mol. The van der Waals surface area contributed by atoms with Crippen LogP contribution in [0.4, 0.5) is 4.79 Å². The molecule has 3 aromatic rings. The highest BCUT2D eigenvalue weighted by Crippen LogP contribution is 2.44. The Kier molecular flexibility index (Phi) is 5.39. The number of carbonyl (C=O) groups excluding carboxylic acids is 1. The zero-order valence-corrected chi connectivity index (χ0v) is 17.7. The molecule has 0 spiro atoms. The molecule has 0 radical (unpaired) electrons. The third-order valence-electron chi connectivity index (χ3n) is 6.75. The van der Waals surface area contributed by atoms with Crippen LogP contribution in [0.1, 0.15) is 34.9 Å². The maximum absolute atomic E-state index is 12.9. The van der Waals surface area contributed by atoms with Crippen molar-refractivity contribution in [3.05, 3.63) is 95.6 Å². The van der Waals surface area contributed by atoms with Gasteiger partial charge in [-0.3, -0.25) is 4.79 Å². The molecular formula is C27H25NO4. The summed E-state index contributed by atoms with van der Waals surface area (Å²) in [4.78, 5) is 26.4. The van der Waals surface area contributed by atoms with Gasteiger partial charge in [0.1, 0.15) is 6.61 Å². The van der Waals surface area contributed by atoms with Crippen LogP contribution in [0, 0.1) is 5.92 Å². The lowest BCUT2D eigenvalue weighted by Crippen LogP contribution is -2.46. The molecule has 3 aromatic carbocycles. The van der Waals surface area contributed by atoms with Crippen LogP contribution in [0.15, 0.2) is 78.9 Å². The van der Waals surface area contributed by atoms with Crippen molar-refractivity contribution in [1.29, 1.82) is 0 Å². The number of carbonyl (C=O) groups is 2. The molecule has 5 rings (SSSR count). The van der Waals surface area contributed by atoms with Crippen molar-refractivity contribution in [1.82, 2.24) is 4.90 Å². The molecule has 1 aliphatic carbocycles. The van der Waals surface area contributed by atoms with Gasteiger partial charge < -0.3 is 14.7 Å². The van der Waals surface area contributed by atoms with E-state index in [0.29, 0.717) is 13.0 Å². The fraction of sp³-hybridized carbons (Fsp3) is 0.259. The van der Waals surface area contributed by atoms with Crippen LogP contribution in [-0.2, 0) is 9.53 Å². The number of fused-ring (bicyclic) bond motifs is 3. The Balaban J connectivity index is 1.29. The number of hydrogen-bond acceptors (Lipinski definition) is 3. The van der Waals surface area contributed by atoms with Gasteiger partial charge >= 0.3 is 12.1 Å². The molecule has 0 bridgehead atoms. The Bertz CT molecular complexity index is 1100. The predicted octanol–water partition coefficient (Wildman–Crippen LogP) is 5.13. The van der Waals surface area contributed by atoms with E-state index in [1.807, 2.05) is 54.6 Å². The van der Waals surface area contributed by atoms with Crippen molar-refractivity contribution in [2.75, 3.05) is 19.7 Å². The molecule has 2 atom stereocenters. The van der Waals surface area contributed by atoms with E-state index in [-0.39, 0.29) is 25.0 Å². The van der Waals surface area contributed by atoms with Crippen molar-refractivity contribution in [3.8, 4) is 11.1 Å². The highest BCUT2D eigenvalue weighted by atomic mass is 16.6. The summed E-state index contributed by atoms with van der Waals surface area (Å²) < 4.78 is 5.74. The molecule has 1 heterocycles. The van der Waals surface area contributed by atoms with E-state index in [1.165, 1.54) is 11.1 Å². The Morgan fingerprint density at radius 3 is 2.09 bits per heavy atom. The molecule has 1 saturated heterocycles. The van der Waals surface area contributed by atoms with Crippen LogP contribution in [0.25, 0.3) is 11.1 Å². The number of likely N-dealkylation sites (tertiary alicyclic amines) is 1. The van der Waals surface area contributed by atoms with E-state index in [9.17, 15) is 14.7 Å². The Hall–Kier alpha value is -3.60. The number of piperidine rings is 1. The van der Waals surface area contributed by atoms with Crippen molar-refractivity contribution < 1.29 is 19.4 Å². The van der Waals surface area contributed by atoms with Crippen LogP contribution in [0.3, 0.4) is 0 Å². The summed E-state index contributed by atoms with van der Waals surface area (Å²) >= 11 is 0. The third kappa shape index (κ3) is 3.64. The minimum absolute atomic E-state index is 0.0107. The van der Waals surface area contributed by atoms with Crippen molar-refractivity contribution in [2.24, 2.45) is 5.92 Å². The van der Waals surface area contributed by atoms with Gasteiger partial charge in [-0.1, -0.05) is 78.9 Å². The maximum atomic E-state index is 12.9. The van der Waals surface area contributed by atoms with Gasteiger partial charge in [0.15, 0.2) is 0 Å². The smallest absolute Gasteiger partial charge is 0.409 e. The summed E-state index contributed by atoms with van der Waals surface area (Å²) in [5.74, 6) is -1.64. The first-order valence-electron chi connectivity index (χ1n) is 11.0. The Morgan fingerprint density at radius 1 is 0.875 bits per heavy atom.